The molecule has 18 heavy (non-hydrogen) atoms. The summed E-state index contributed by atoms with van der Waals surface area (Å²) in [6.45, 7) is 2.82. The summed E-state index contributed by atoms with van der Waals surface area (Å²) in [6, 6.07) is 8.30. The van der Waals surface area contributed by atoms with Gasteiger partial charge in [-0.1, -0.05) is 12.1 Å². The Balaban J connectivity index is 1.69. The Morgan fingerprint density at radius 3 is 3.06 bits per heavy atom. The highest BCUT2D eigenvalue weighted by Gasteiger charge is 2.08. The molecule has 3 aromatic rings. The molecule has 1 atom stereocenters. The van der Waals surface area contributed by atoms with Gasteiger partial charge in [0, 0.05) is 11.4 Å². The van der Waals surface area contributed by atoms with Crippen LogP contribution in [0.3, 0.4) is 0 Å². The van der Waals surface area contributed by atoms with Gasteiger partial charge in [-0.05, 0) is 19.1 Å². The van der Waals surface area contributed by atoms with Gasteiger partial charge in [-0.25, -0.2) is 9.97 Å². The molecular weight excluding hydrogens is 244 g/mol. The first kappa shape index (κ1) is 11.4. The second-order valence-electron chi connectivity index (χ2n) is 4.22. The molecule has 1 aromatic carbocycles. The number of aromatic nitrogens is 3. The van der Waals surface area contributed by atoms with Crippen LogP contribution in [0.4, 0.5) is 0 Å². The lowest BCUT2D eigenvalue weighted by molar-refractivity contribution is 0.553. The van der Waals surface area contributed by atoms with Crippen LogP contribution in [0.5, 0.6) is 0 Å². The van der Waals surface area contributed by atoms with Crippen LogP contribution in [0, 0.1) is 0 Å². The molecule has 0 saturated carbocycles. The van der Waals surface area contributed by atoms with E-state index in [-0.39, 0.29) is 6.04 Å². The normalized spacial score (nSPS) is 12.9. The third-order valence-electron chi connectivity index (χ3n) is 2.91. The Hall–Kier alpha value is -1.72. The van der Waals surface area contributed by atoms with Crippen LogP contribution >= 0.6 is 11.3 Å². The van der Waals surface area contributed by atoms with E-state index in [4.69, 9.17) is 0 Å². The molecule has 0 spiro atoms. The summed E-state index contributed by atoms with van der Waals surface area (Å²) in [5.74, 6) is 0.957. The topological polar surface area (TPSA) is 53.6 Å². The van der Waals surface area contributed by atoms with Crippen molar-refractivity contribution in [3.8, 4) is 0 Å². The third kappa shape index (κ3) is 2.27. The molecule has 0 aliphatic heterocycles. The van der Waals surface area contributed by atoms with Crippen molar-refractivity contribution < 1.29 is 0 Å². The summed E-state index contributed by atoms with van der Waals surface area (Å²) >= 11 is 1.62. The van der Waals surface area contributed by atoms with Crippen molar-refractivity contribution in [3.05, 3.63) is 46.7 Å². The largest absolute Gasteiger partial charge is 0.341 e. The van der Waals surface area contributed by atoms with Crippen molar-refractivity contribution in [1.29, 1.82) is 0 Å². The quantitative estimate of drug-likeness (QED) is 0.756. The van der Waals surface area contributed by atoms with Gasteiger partial charge in [-0.3, -0.25) is 0 Å². The molecular formula is C13H14N4S. The Labute approximate surface area is 109 Å². The van der Waals surface area contributed by atoms with E-state index >= 15 is 0 Å². The second-order valence-corrected chi connectivity index (χ2v) is 4.94. The van der Waals surface area contributed by atoms with E-state index in [2.05, 4.69) is 32.6 Å². The maximum Gasteiger partial charge on any atom is 0.121 e. The van der Waals surface area contributed by atoms with Crippen LogP contribution in [-0.2, 0) is 6.54 Å². The van der Waals surface area contributed by atoms with Crippen molar-refractivity contribution in [2.24, 2.45) is 0 Å². The third-order valence-corrected chi connectivity index (χ3v) is 3.51. The lowest BCUT2D eigenvalue weighted by Gasteiger charge is -2.09. The molecule has 0 fully saturated rings. The average Bonchev–Trinajstić information content (AvgIpc) is 3.04. The Morgan fingerprint density at radius 1 is 1.39 bits per heavy atom. The fourth-order valence-electron chi connectivity index (χ4n) is 1.88. The van der Waals surface area contributed by atoms with Crippen molar-refractivity contribution in [3.63, 3.8) is 0 Å². The zero-order valence-corrected chi connectivity index (χ0v) is 10.9. The highest BCUT2D eigenvalue weighted by molar-refractivity contribution is 7.07. The minimum absolute atomic E-state index is 0.240. The Bertz CT molecular complexity index is 596. The van der Waals surface area contributed by atoms with Crippen molar-refractivity contribution >= 4 is 22.4 Å². The Kier molecular flexibility index (Phi) is 3.08. The maximum atomic E-state index is 4.53. The van der Waals surface area contributed by atoms with E-state index in [1.54, 1.807) is 11.3 Å². The van der Waals surface area contributed by atoms with E-state index in [0.717, 1.165) is 22.6 Å². The van der Waals surface area contributed by atoms with Gasteiger partial charge < -0.3 is 10.3 Å². The molecule has 2 aromatic heterocycles. The molecule has 92 valence electrons. The number of rotatable bonds is 4. The van der Waals surface area contributed by atoms with Crippen LogP contribution in [0.1, 0.15) is 24.5 Å². The number of hydrogen-bond donors (Lipinski definition) is 2. The van der Waals surface area contributed by atoms with Gasteiger partial charge in [-0.2, -0.15) is 0 Å². The number of nitrogens with zero attached hydrogens (tertiary/aromatic N) is 2. The molecule has 0 aliphatic carbocycles. The van der Waals surface area contributed by atoms with Crippen molar-refractivity contribution in [1.82, 2.24) is 20.3 Å². The van der Waals surface area contributed by atoms with Gasteiger partial charge in [0.05, 0.1) is 28.8 Å². The number of thiazole rings is 1. The van der Waals surface area contributed by atoms with Gasteiger partial charge in [0.25, 0.3) is 0 Å². The van der Waals surface area contributed by atoms with Crippen LogP contribution in [-0.4, -0.2) is 15.0 Å². The van der Waals surface area contributed by atoms with Crippen molar-refractivity contribution in [2.45, 2.75) is 19.5 Å². The number of nitrogens with one attached hydrogen (secondary N) is 2. The number of fused-ring (bicyclic) bond motifs is 1. The zero-order chi connectivity index (χ0) is 12.4. The Morgan fingerprint density at radius 2 is 2.28 bits per heavy atom. The number of hydrogen-bond acceptors (Lipinski definition) is 4. The summed E-state index contributed by atoms with van der Waals surface area (Å²) < 4.78 is 0. The van der Waals surface area contributed by atoms with E-state index in [1.165, 1.54) is 0 Å². The number of benzene rings is 1. The molecule has 3 rings (SSSR count). The molecule has 4 nitrogen and oxygen atoms in total. The number of H-pyrrole nitrogens is 1. The lowest BCUT2D eigenvalue weighted by Crippen LogP contribution is -2.19. The van der Waals surface area contributed by atoms with Gasteiger partial charge in [0.2, 0.25) is 0 Å². The van der Waals surface area contributed by atoms with Gasteiger partial charge in [0.15, 0.2) is 0 Å². The summed E-state index contributed by atoms with van der Waals surface area (Å²) in [6.07, 6.45) is 0. The molecule has 0 saturated heterocycles. The minimum atomic E-state index is 0.240. The highest BCUT2D eigenvalue weighted by Crippen LogP contribution is 2.14. The molecule has 0 radical (unpaired) electrons. The summed E-state index contributed by atoms with van der Waals surface area (Å²) in [4.78, 5) is 12.1. The van der Waals surface area contributed by atoms with Crippen LogP contribution in [0.25, 0.3) is 11.0 Å². The number of para-hydroxylation sites is 2. The molecule has 0 aliphatic rings. The van der Waals surface area contributed by atoms with Crippen LogP contribution < -0.4 is 5.32 Å². The minimum Gasteiger partial charge on any atom is -0.341 e. The predicted molar refractivity (Wildman–Crippen MR) is 73.5 cm³/mol. The second kappa shape index (κ2) is 4.88. The molecule has 0 amide bonds. The van der Waals surface area contributed by atoms with Gasteiger partial charge in [-0.15, -0.1) is 11.3 Å². The molecule has 2 heterocycles. The van der Waals surface area contributed by atoms with Gasteiger partial charge in [0.1, 0.15) is 5.82 Å². The highest BCUT2D eigenvalue weighted by atomic mass is 32.1. The first-order valence-electron chi connectivity index (χ1n) is 5.88. The summed E-state index contributed by atoms with van der Waals surface area (Å²) in [7, 11) is 0. The lowest BCUT2D eigenvalue weighted by atomic mass is 10.2. The van der Waals surface area contributed by atoms with E-state index in [9.17, 15) is 0 Å². The van der Waals surface area contributed by atoms with Crippen LogP contribution in [0.2, 0.25) is 0 Å². The molecule has 0 bridgehead atoms. The fourth-order valence-corrected chi connectivity index (χ4v) is 2.53. The first-order valence-corrected chi connectivity index (χ1v) is 6.82. The van der Waals surface area contributed by atoms with E-state index in [0.29, 0.717) is 6.54 Å². The molecule has 1 unspecified atom stereocenters. The predicted octanol–water partition coefficient (Wildman–Crippen LogP) is 2.87. The van der Waals surface area contributed by atoms with E-state index < -0.39 is 0 Å². The number of imidazole rings is 1. The first-order chi connectivity index (χ1) is 8.83. The smallest absolute Gasteiger partial charge is 0.121 e. The SMILES string of the molecule is CC(NCc1nc2ccccc2[nH]1)c1cscn1. The fraction of sp³-hybridized carbons (Fsp3) is 0.231. The monoisotopic (exact) mass is 258 g/mol. The molecule has 5 heteroatoms. The van der Waals surface area contributed by atoms with E-state index in [1.807, 2.05) is 29.8 Å². The molecule has 2 N–H and O–H groups in total. The maximum absolute atomic E-state index is 4.53. The summed E-state index contributed by atoms with van der Waals surface area (Å²) in [5.41, 5.74) is 5.02. The van der Waals surface area contributed by atoms with Gasteiger partial charge >= 0.3 is 0 Å². The van der Waals surface area contributed by atoms with Crippen molar-refractivity contribution in [2.75, 3.05) is 0 Å². The average molecular weight is 258 g/mol. The standard InChI is InChI=1S/C13H14N4S/c1-9(12-7-18-8-15-12)14-6-13-16-10-4-2-3-5-11(10)17-13/h2-5,7-9,14H,6H2,1H3,(H,16,17). The van der Waals surface area contributed by atoms with Crippen LogP contribution in [0.15, 0.2) is 35.2 Å². The zero-order valence-electron chi connectivity index (χ0n) is 10.1. The summed E-state index contributed by atoms with van der Waals surface area (Å²) in [5, 5.41) is 5.48. The number of aromatic amines is 1.